The molecule has 0 aliphatic carbocycles. The molecule has 0 aliphatic heterocycles. The van der Waals surface area contributed by atoms with Crippen LogP contribution in [-0.4, -0.2) is 23.1 Å². The first kappa shape index (κ1) is 12.3. The highest BCUT2D eigenvalue weighted by atomic mass is 19.3. The van der Waals surface area contributed by atoms with Gasteiger partial charge in [0.2, 0.25) is 5.88 Å². The highest BCUT2D eigenvalue weighted by molar-refractivity contribution is 5.69. The zero-order valence-electron chi connectivity index (χ0n) is 9.56. The van der Waals surface area contributed by atoms with Crippen LogP contribution in [-0.2, 0) is 0 Å². The molecular formula is C12H11F2NO3. The molecule has 18 heavy (non-hydrogen) atoms. The molecule has 0 radical (unpaired) electrons. The SMILES string of the molecule is Cc1nc(OCC(F)F)ccc1-c1ccoc1O. The lowest BCUT2D eigenvalue weighted by atomic mass is 10.1. The van der Waals surface area contributed by atoms with Gasteiger partial charge in [0.05, 0.1) is 11.8 Å². The van der Waals surface area contributed by atoms with Crippen LogP contribution in [0.1, 0.15) is 5.69 Å². The maximum absolute atomic E-state index is 12.0. The number of halogens is 2. The first-order valence-corrected chi connectivity index (χ1v) is 5.23. The van der Waals surface area contributed by atoms with Crippen LogP contribution < -0.4 is 4.74 Å². The van der Waals surface area contributed by atoms with E-state index in [-0.39, 0.29) is 11.8 Å². The fourth-order valence-corrected chi connectivity index (χ4v) is 1.56. The number of alkyl halides is 2. The van der Waals surface area contributed by atoms with Crippen molar-refractivity contribution in [3.05, 3.63) is 30.2 Å². The van der Waals surface area contributed by atoms with Gasteiger partial charge >= 0.3 is 0 Å². The van der Waals surface area contributed by atoms with Crippen LogP contribution in [0.5, 0.6) is 11.8 Å². The normalized spacial score (nSPS) is 10.9. The molecule has 0 atom stereocenters. The van der Waals surface area contributed by atoms with Crippen molar-refractivity contribution in [2.75, 3.05) is 6.61 Å². The third-order valence-electron chi connectivity index (χ3n) is 2.35. The third-order valence-corrected chi connectivity index (χ3v) is 2.35. The van der Waals surface area contributed by atoms with Crippen LogP contribution in [0.25, 0.3) is 11.1 Å². The van der Waals surface area contributed by atoms with E-state index >= 15 is 0 Å². The van der Waals surface area contributed by atoms with Gasteiger partial charge < -0.3 is 14.3 Å². The Bertz CT molecular complexity index is 540. The van der Waals surface area contributed by atoms with Crippen molar-refractivity contribution in [3.8, 4) is 23.0 Å². The Morgan fingerprint density at radius 3 is 2.67 bits per heavy atom. The molecule has 2 aromatic heterocycles. The number of rotatable bonds is 4. The predicted molar refractivity (Wildman–Crippen MR) is 59.8 cm³/mol. The molecule has 2 heterocycles. The molecule has 0 saturated heterocycles. The second kappa shape index (κ2) is 5.03. The van der Waals surface area contributed by atoms with E-state index in [9.17, 15) is 13.9 Å². The van der Waals surface area contributed by atoms with E-state index in [1.165, 1.54) is 12.3 Å². The lowest BCUT2D eigenvalue weighted by molar-refractivity contribution is 0.0795. The Kier molecular flexibility index (Phi) is 3.45. The number of hydrogen-bond donors (Lipinski definition) is 1. The van der Waals surface area contributed by atoms with Gasteiger partial charge in [-0.2, -0.15) is 0 Å². The maximum Gasteiger partial charge on any atom is 0.289 e. The summed E-state index contributed by atoms with van der Waals surface area (Å²) in [6.07, 6.45) is -1.18. The molecule has 0 spiro atoms. The number of aromatic nitrogens is 1. The summed E-state index contributed by atoms with van der Waals surface area (Å²) in [4.78, 5) is 4.03. The summed E-state index contributed by atoms with van der Waals surface area (Å²) in [6, 6.07) is 4.70. The summed E-state index contributed by atoms with van der Waals surface area (Å²) in [5.74, 6) is -0.0827. The molecule has 2 aromatic rings. The van der Waals surface area contributed by atoms with E-state index in [0.717, 1.165) is 0 Å². The Morgan fingerprint density at radius 2 is 2.11 bits per heavy atom. The number of nitrogens with zero attached hydrogens (tertiary/aromatic N) is 1. The molecule has 6 heteroatoms. The fourth-order valence-electron chi connectivity index (χ4n) is 1.56. The van der Waals surface area contributed by atoms with E-state index in [0.29, 0.717) is 16.8 Å². The Morgan fingerprint density at radius 1 is 1.33 bits per heavy atom. The van der Waals surface area contributed by atoms with Crippen LogP contribution in [0.15, 0.2) is 28.9 Å². The second-order valence-electron chi connectivity index (χ2n) is 3.62. The van der Waals surface area contributed by atoms with Gasteiger partial charge in [-0.05, 0) is 19.1 Å². The summed E-state index contributed by atoms with van der Waals surface area (Å²) >= 11 is 0. The number of ether oxygens (including phenoxy) is 1. The van der Waals surface area contributed by atoms with Crippen molar-refractivity contribution in [2.45, 2.75) is 13.3 Å². The van der Waals surface area contributed by atoms with Gasteiger partial charge in [0.25, 0.3) is 12.4 Å². The third kappa shape index (κ3) is 2.58. The first-order valence-electron chi connectivity index (χ1n) is 5.23. The van der Waals surface area contributed by atoms with Crippen LogP contribution in [0.3, 0.4) is 0 Å². The van der Waals surface area contributed by atoms with Crippen LogP contribution in [0.4, 0.5) is 8.78 Å². The van der Waals surface area contributed by atoms with Gasteiger partial charge in [-0.3, -0.25) is 0 Å². The van der Waals surface area contributed by atoms with E-state index in [1.54, 1.807) is 19.1 Å². The topological polar surface area (TPSA) is 55.5 Å². The van der Waals surface area contributed by atoms with E-state index in [1.807, 2.05) is 0 Å². The molecule has 0 bridgehead atoms. The van der Waals surface area contributed by atoms with Gasteiger partial charge in [-0.25, -0.2) is 13.8 Å². The van der Waals surface area contributed by atoms with Crippen molar-refractivity contribution < 1.29 is 23.0 Å². The van der Waals surface area contributed by atoms with Crippen molar-refractivity contribution in [2.24, 2.45) is 0 Å². The minimum absolute atomic E-state index is 0.125. The molecule has 0 saturated carbocycles. The minimum atomic E-state index is -2.54. The van der Waals surface area contributed by atoms with Gasteiger partial charge in [0, 0.05) is 17.3 Å². The van der Waals surface area contributed by atoms with E-state index in [2.05, 4.69) is 4.98 Å². The summed E-state index contributed by atoms with van der Waals surface area (Å²) in [6.45, 7) is 1.000. The molecule has 96 valence electrons. The van der Waals surface area contributed by atoms with E-state index < -0.39 is 13.0 Å². The number of aryl methyl sites for hydroxylation is 1. The zero-order chi connectivity index (χ0) is 13.1. The average molecular weight is 255 g/mol. The van der Waals surface area contributed by atoms with Crippen molar-refractivity contribution in [1.29, 1.82) is 0 Å². The highest BCUT2D eigenvalue weighted by Gasteiger charge is 2.12. The van der Waals surface area contributed by atoms with Crippen LogP contribution in [0.2, 0.25) is 0 Å². The van der Waals surface area contributed by atoms with Gasteiger partial charge in [0.15, 0.2) is 6.61 Å². The Balaban J connectivity index is 2.23. The summed E-state index contributed by atoms with van der Waals surface area (Å²) in [5, 5.41) is 9.45. The number of furan rings is 1. The maximum atomic E-state index is 12.0. The molecular weight excluding hydrogens is 244 g/mol. The summed E-state index contributed by atoms with van der Waals surface area (Å²) in [5.41, 5.74) is 1.71. The lowest BCUT2D eigenvalue weighted by Crippen LogP contribution is -2.08. The first-order chi connectivity index (χ1) is 8.58. The predicted octanol–water partition coefficient (Wildman–Crippen LogP) is 3.00. The highest BCUT2D eigenvalue weighted by Crippen LogP contribution is 2.32. The summed E-state index contributed by atoms with van der Waals surface area (Å²) in [7, 11) is 0. The molecule has 0 amide bonds. The zero-order valence-corrected chi connectivity index (χ0v) is 9.56. The largest absolute Gasteiger partial charge is 0.480 e. The van der Waals surface area contributed by atoms with Gasteiger partial charge in [-0.15, -0.1) is 0 Å². The molecule has 0 aliphatic rings. The monoisotopic (exact) mass is 255 g/mol. The Labute approximate surface area is 102 Å². The molecule has 4 nitrogen and oxygen atoms in total. The van der Waals surface area contributed by atoms with Crippen molar-refractivity contribution in [3.63, 3.8) is 0 Å². The minimum Gasteiger partial charge on any atom is -0.480 e. The Hall–Kier alpha value is -2.11. The fraction of sp³-hybridized carbons (Fsp3) is 0.250. The van der Waals surface area contributed by atoms with E-state index in [4.69, 9.17) is 9.15 Å². The van der Waals surface area contributed by atoms with Crippen molar-refractivity contribution in [1.82, 2.24) is 4.98 Å². The quantitative estimate of drug-likeness (QED) is 0.912. The van der Waals surface area contributed by atoms with Crippen LogP contribution >= 0.6 is 0 Å². The second-order valence-corrected chi connectivity index (χ2v) is 3.62. The number of pyridine rings is 1. The van der Waals surface area contributed by atoms with Gasteiger partial charge in [-0.1, -0.05) is 0 Å². The molecule has 2 rings (SSSR count). The van der Waals surface area contributed by atoms with Crippen molar-refractivity contribution >= 4 is 0 Å². The van der Waals surface area contributed by atoms with Crippen LogP contribution in [0, 0.1) is 6.92 Å². The summed E-state index contributed by atoms with van der Waals surface area (Å²) < 4.78 is 33.5. The lowest BCUT2D eigenvalue weighted by Gasteiger charge is -2.07. The molecule has 0 aromatic carbocycles. The number of hydrogen-bond acceptors (Lipinski definition) is 4. The number of aromatic hydroxyl groups is 1. The van der Waals surface area contributed by atoms with Gasteiger partial charge in [0.1, 0.15) is 0 Å². The average Bonchev–Trinajstić information content (AvgIpc) is 2.73. The molecule has 0 unspecified atom stereocenters. The smallest absolute Gasteiger partial charge is 0.289 e. The standard InChI is InChI=1S/C12H11F2NO3/c1-7-8(9-4-5-17-12(9)16)2-3-11(15-7)18-6-10(13)14/h2-5,10,16H,6H2,1H3. The molecule has 1 N–H and O–H groups in total. The molecule has 0 fully saturated rings.